The van der Waals surface area contributed by atoms with Gasteiger partial charge in [-0.05, 0) is 31.0 Å². The third kappa shape index (κ3) is 3.94. The van der Waals surface area contributed by atoms with E-state index in [4.69, 9.17) is 4.74 Å². The lowest BCUT2D eigenvalue weighted by Gasteiger charge is -2.34. The van der Waals surface area contributed by atoms with E-state index in [1.165, 1.54) is 0 Å². The summed E-state index contributed by atoms with van der Waals surface area (Å²) in [5.74, 6) is 0.239. The Morgan fingerprint density at radius 1 is 1.19 bits per heavy atom. The van der Waals surface area contributed by atoms with E-state index in [9.17, 15) is 4.79 Å². The summed E-state index contributed by atoms with van der Waals surface area (Å²) in [5.41, 5.74) is 2.06. The Kier molecular flexibility index (Phi) is 5.26. The number of rotatable bonds is 6. The Labute approximate surface area is 153 Å². The number of amides is 1. The van der Waals surface area contributed by atoms with Crippen molar-refractivity contribution < 1.29 is 9.53 Å². The molecular formula is C19H25N5O2. The van der Waals surface area contributed by atoms with Crippen LogP contribution < -0.4 is 0 Å². The number of hydrogen-bond acceptors (Lipinski definition) is 5. The summed E-state index contributed by atoms with van der Waals surface area (Å²) >= 11 is 0. The first-order valence-electron chi connectivity index (χ1n) is 9.30. The van der Waals surface area contributed by atoms with Crippen LogP contribution in [0.15, 0.2) is 36.7 Å². The summed E-state index contributed by atoms with van der Waals surface area (Å²) in [6.45, 7) is 4.86. The molecule has 0 radical (unpaired) electrons. The molecule has 0 saturated carbocycles. The lowest BCUT2D eigenvalue weighted by molar-refractivity contribution is -0.132. The number of aromatic nitrogens is 3. The van der Waals surface area contributed by atoms with Gasteiger partial charge in [-0.3, -0.25) is 19.4 Å². The monoisotopic (exact) mass is 355 g/mol. The van der Waals surface area contributed by atoms with Gasteiger partial charge in [0.05, 0.1) is 37.2 Å². The summed E-state index contributed by atoms with van der Waals surface area (Å²) in [6, 6.07) is 7.96. The van der Waals surface area contributed by atoms with Crippen molar-refractivity contribution in [2.75, 3.05) is 32.8 Å². The molecule has 7 heteroatoms. The zero-order valence-electron chi connectivity index (χ0n) is 15.0. The van der Waals surface area contributed by atoms with Crippen LogP contribution in [0.2, 0.25) is 0 Å². The van der Waals surface area contributed by atoms with E-state index >= 15 is 0 Å². The molecular weight excluding hydrogens is 330 g/mol. The van der Waals surface area contributed by atoms with E-state index in [1.807, 2.05) is 40.0 Å². The van der Waals surface area contributed by atoms with Crippen LogP contribution in [0.25, 0.3) is 0 Å². The fourth-order valence-electron chi connectivity index (χ4n) is 3.75. The van der Waals surface area contributed by atoms with E-state index in [1.54, 1.807) is 6.20 Å². The van der Waals surface area contributed by atoms with Crippen LogP contribution in [-0.2, 0) is 22.7 Å². The van der Waals surface area contributed by atoms with Crippen molar-refractivity contribution in [2.45, 2.75) is 32.0 Å². The molecule has 1 saturated heterocycles. The predicted molar refractivity (Wildman–Crippen MR) is 96.2 cm³/mol. The highest BCUT2D eigenvalue weighted by Crippen LogP contribution is 2.21. The number of carbonyl (C=O) groups is 1. The maximum absolute atomic E-state index is 12.5. The van der Waals surface area contributed by atoms with Crippen LogP contribution in [-0.4, -0.2) is 63.3 Å². The molecule has 138 valence electrons. The van der Waals surface area contributed by atoms with E-state index in [2.05, 4.69) is 15.0 Å². The van der Waals surface area contributed by atoms with Gasteiger partial charge in [-0.1, -0.05) is 6.07 Å². The minimum absolute atomic E-state index is 0.115. The number of carbonyl (C=O) groups excluding carboxylic acids is 1. The smallest absolute Gasteiger partial charge is 0.236 e. The van der Waals surface area contributed by atoms with Crippen molar-refractivity contribution in [1.29, 1.82) is 0 Å². The van der Waals surface area contributed by atoms with Gasteiger partial charge in [0.1, 0.15) is 0 Å². The lowest BCUT2D eigenvalue weighted by Crippen LogP contribution is -2.45. The second-order valence-electron chi connectivity index (χ2n) is 7.01. The highest BCUT2D eigenvalue weighted by atomic mass is 16.5. The third-order valence-corrected chi connectivity index (χ3v) is 5.06. The van der Waals surface area contributed by atoms with Crippen molar-refractivity contribution >= 4 is 5.91 Å². The Bertz CT molecular complexity index is 727. The van der Waals surface area contributed by atoms with E-state index in [0.717, 1.165) is 50.4 Å². The molecule has 0 unspecified atom stereocenters. The molecule has 1 amide bonds. The first kappa shape index (κ1) is 17.2. The molecule has 26 heavy (non-hydrogen) atoms. The first-order chi connectivity index (χ1) is 12.8. The predicted octanol–water partition coefficient (Wildman–Crippen LogP) is 1.47. The van der Waals surface area contributed by atoms with Crippen LogP contribution in [0.4, 0.5) is 0 Å². The van der Waals surface area contributed by atoms with Crippen molar-refractivity contribution in [1.82, 2.24) is 24.6 Å². The topological polar surface area (TPSA) is 63.5 Å². The third-order valence-electron chi connectivity index (χ3n) is 5.06. The van der Waals surface area contributed by atoms with Crippen molar-refractivity contribution in [3.63, 3.8) is 0 Å². The zero-order valence-corrected chi connectivity index (χ0v) is 15.0. The molecule has 0 N–H and O–H groups in total. The quantitative estimate of drug-likeness (QED) is 0.785. The summed E-state index contributed by atoms with van der Waals surface area (Å²) in [7, 11) is 0. The fraction of sp³-hybridized carbons (Fsp3) is 0.526. The molecule has 1 atom stereocenters. The minimum atomic E-state index is 0.115. The fourth-order valence-corrected chi connectivity index (χ4v) is 3.75. The van der Waals surface area contributed by atoms with Crippen LogP contribution >= 0.6 is 0 Å². The van der Waals surface area contributed by atoms with Crippen LogP contribution in [0.1, 0.15) is 30.3 Å². The number of likely N-dealkylation sites (tertiary alicyclic amines) is 1. The number of ether oxygens (including phenoxy) is 1. The van der Waals surface area contributed by atoms with Gasteiger partial charge in [0, 0.05) is 38.6 Å². The number of fused-ring (bicyclic) bond motifs is 1. The Morgan fingerprint density at radius 2 is 2.08 bits per heavy atom. The normalized spacial score (nSPS) is 20.3. The van der Waals surface area contributed by atoms with Crippen LogP contribution in [0.5, 0.6) is 0 Å². The summed E-state index contributed by atoms with van der Waals surface area (Å²) in [4.78, 5) is 21.0. The number of pyridine rings is 1. The summed E-state index contributed by atoms with van der Waals surface area (Å²) < 4.78 is 7.93. The molecule has 4 rings (SSSR count). The van der Waals surface area contributed by atoms with E-state index in [-0.39, 0.29) is 11.9 Å². The molecule has 7 nitrogen and oxygen atoms in total. The van der Waals surface area contributed by atoms with E-state index in [0.29, 0.717) is 19.8 Å². The Balaban J connectivity index is 1.35. The van der Waals surface area contributed by atoms with Crippen molar-refractivity contribution in [2.24, 2.45) is 0 Å². The number of hydrogen-bond donors (Lipinski definition) is 0. The minimum Gasteiger partial charge on any atom is -0.373 e. The van der Waals surface area contributed by atoms with Gasteiger partial charge in [-0.25, -0.2) is 0 Å². The van der Waals surface area contributed by atoms with Crippen LogP contribution in [0.3, 0.4) is 0 Å². The Hall–Kier alpha value is -2.25. The summed E-state index contributed by atoms with van der Waals surface area (Å²) in [6.07, 6.45) is 5.86. The number of nitrogens with zero attached hydrogens (tertiary/aromatic N) is 5. The van der Waals surface area contributed by atoms with Crippen molar-refractivity contribution in [3.05, 3.63) is 48.0 Å². The average molecular weight is 355 g/mol. The molecule has 0 aliphatic carbocycles. The molecule has 0 aromatic carbocycles. The van der Waals surface area contributed by atoms with Gasteiger partial charge in [-0.2, -0.15) is 5.10 Å². The molecule has 2 aliphatic heterocycles. The molecule has 4 heterocycles. The Morgan fingerprint density at radius 3 is 2.88 bits per heavy atom. The van der Waals surface area contributed by atoms with Gasteiger partial charge in [0.25, 0.3) is 0 Å². The van der Waals surface area contributed by atoms with Gasteiger partial charge in [-0.15, -0.1) is 0 Å². The van der Waals surface area contributed by atoms with Crippen LogP contribution in [0, 0.1) is 0 Å². The molecule has 2 aromatic rings. The molecule has 0 bridgehead atoms. The highest BCUT2D eigenvalue weighted by molar-refractivity contribution is 5.78. The molecule has 2 aromatic heterocycles. The molecule has 1 fully saturated rings. The lowest BCUT2D eigenvalue weighted by atomic mass is 10.2. The largest absolute Gasteiger partial charge is 0.373 e. The standard InChI is InChI=1S/C19H25N5O2/c25-19(23-9-3-4-10-23)13-22-11-17-6-8-21-24(17)18(12-22)15-26-14-16-5-1-2-7-20-16/h1-2,5-8,18H,3-4,9-15H2/t18-/m0/s1. The SMILES string of the molecule is O=C(CN1Cc2ccnn2[C@H](COCc2ccccn2)C1)N1CCCC1. The van der Waals surface area contributed by atoms with Gasteiger partial charge in [0.2, 0.25) is 5.91 Å². The average Bonchev–Trinajstić information content (AvgIpc) is 3.34. The molecule has 0 spiro atoms. The first-order valence-corrected chi connectivity index (χ1v) is 9.30. The zero-order chi connectivity index (χ0) is 17.8. The maximum Gasteiger partial charge on any atom is 0.236 e. The highest BCUT2D eigenvalue weighted by Gasteiger charge is 2.28. The summed E-state index contributed by atoms with van der Waals surface area (Å²) in [5, 5.41) is 4.45. The van der Waals surface area contributed by atoms with Crippen molar-refractivity contribution in [3.8, 4) is 0 Å². The van der Waals surface area contributed by atoms with E-state index < -0.39 is 0 Å². The van der Waals surface area contributed by atoms with Gasteiger partial charge in [0.15, 0.2) is 0 Å². The van der Waals surface area contributed by atoms with Gasteiger partial charge >= 0.3 is 0 Å². The van der Waals surface area contributed by atoms with Gasteiger partial charge < -0.3 is 9.64 Å². The molecule has 2 aliphatic rings. The second kappa shape index (κ2) is 7.97. The maximum atomic E-state index is 12.5. The second-order valence-corrected chi connectivity index (χ2v) is 7.01.